The number of benzene rings is 6. The van der Waals surface area contributed by atoms with Gasteiger partial charge in [0.05, 0.1) is 63.7 Å². The van der Waals surface area contributed by atoms with E-state index in [4.69, 9.17) is 35.3 Å². The average Bonchev–Trinajstić information content (AvgIpc) is 3.25. The van der Waals surface area contributed by atoms with Crippen LogP contribution in [0, 0.1) is 5.92 Å². The van der Waals surface area contributed by atoms with Crippen molar-refractivity contribution in [1.82, 2.24) is 0 Å². The van der Waals surface area contributed by atoms with Gasteiger partial charge in [-0.05, 0) is 70.5 Å². The number of rotatable bonds is 18. The Morgan fingerprint density at radius 3 is 1.53 bits per heavy atom. The number of alkyl halides is 2. The lowest BCUT2D eigenvalue weighted by molar-refractivity contribution is -0.271. The van der Waals surface area contributed by atoms with Crippen LogP contribution in [0.4, 0.5) is 8.78 Å². The van der Waals surface area contributed by atoms with Crippen molar-refractivity contribution in [2.24, 2.45) is 5.92 Å². The van der Waals surface area contributed by atoms with Crippen molar-refractivity contribution in [3.8, 4) is 5.75 Å². The summed E-state index contributed by atoms with van der Waals surface area (Å²) in [4.78, 5) is 0. The number of hydrogen-bond acceptors (Lipinski definition) is 5. The molecule has 0 amide bonds. The third-order valence-corrected chi connectivity index (χ3v) is 11.0. The molecule has 0 bridgehead atoms. The fourth-order valence-corrected chi connectivity index (χ4v) is 7.86. The van der Waals surface area contributed by atoms with Crippen LogP contribution in [-0.4, -0.2) is 37.4 Å². The first-order valence-electron chi connectivity index (χ1n) is 19.8. The maximum Gasteiger partial charge on any atom is 0.265 e. The van der Waals surface area contributed by atoms with E-state index in [1.165, 1.54) is 0 Å². The third-order valence-electron chi connectivity index (χ3n) is 10.6. The second kappa shape index (κ2) is 20.2. The molecule has 5 nitrogen and oxygen atoms in total. The zero-order chi connectivity index (χ0) is 40.2. The Bertz CT molecular complexity index is 2120. The van der Waals surface area contributed by atoms with Crippen molar-refractivity contribution in [3.05, 3.63) is 208 Å². The molecule has 0 aliphatic heterocycles. The van der Waals surface area contributed by atoms with Crippen molar-refractivity contribution in [3.63, 3.8) is 0 Å². The summed E-state index contributed by atoms with van der Waals surface area (Å²) in [7, 11) is 0. The lowest BCUT2D eigenvalue weighted by Gasteiger charge is -2.50. The van der Waals surface area contributed by atoms with Gasteiger partial charge in [0.25, 0.3) is 5.92 Å². The molecule has 0 N–H and O–H groups in total. The van der Waals surface area contributed by atoms with Crippen LogP contribution in [0.25, 0.3) is 0 Å². The zero-order valence-corrected chi connectivity index (χ0v) is 33.4. The van der Waals surface area contributed by atoms with Gasteiger partial charge in [-0.2, -0.15) is 0 Å². The molecule has 0 heterocycles. The minimum atomic E-state index is -3.39. The molecule has 58 heavy (non-hydrogen) atoms. The summed E-state index contributed by atoms with van der Waals surface area (Å²) in [5.74, 6) is -5.49. The Morgan fingerprint density at radius 2 is 1.02 bits per heavy atom. The molecule has 1 saturated carbocycles. The molecule has 8 heteroatoms. The van der Waals surface area contributed by atoms with Crippen LogP contribution in [0.15, 0.2) is 164 Å². The van der Waals surface area contributed by atoms with Crippen molar-refractivity contribution in [2.45, 2.75) is 69.9 Å². The molecule has 0 unspecified atom stereocenters. The van der Waals surface area contributed by atoms with Gasteiger partial charge >= 0.3 is 0 Å². The smallest absolute Gasteiger partial charge is 0.265 e. The molecular weight excluding hydrogens is 754 g/mol. The minimum absolute atomic E-state index is 0.0937. The Kier molecular flexibility index (Phi) is 14.4. The van der Waals surface area contributed by atoms with Gasteiger partial charge in [-0.15, -0.1) is 0 Å². The monoisotopic (exact) mass is 802 g/mol. The molecule has 1 aliphatic rings. The van der Waals surface area contributed by atoms with E-state index in [-0.39, 0.29) is 33.0 Å². The quantitative estimate of drug-likeness (QED) is 0.0866. The zero-order valence-electron chi connectivity index (χ0n) is 32.6. The van der Waals surface area contributed by atoms with Crippen LogP contribution in [0.3, 0.4) is 0 Å². The summed E-state index contributed by atoms with van der Waals surface area (Å²) in [5.41, 5.74) is 5.60. The van der Waals surface area contributed by atoms with Gasteiger partial charge < -0.3 is 23.7 Å². The summed E-state index contributed by atoms with van der Waals surface area (Å²) in [6, 6.07) is 51.4. The molecule has 0 spiro atoms. The van der Waals surface area contributed by atoms with Crippen LogP contribution in [0.1, 0.15) is 51.8 Å². The summed E-state index contributed by atoms with van der Waals surface area (Å²) in [6.45, 7) is 2.75. The highest BCUT2D eigenvalue weighted by atomic mass is 35.5. The molecular formula is C50H49ClF2O5. The van der Waals surface area contributed by atoms with E-state index in [9.17, 15) is 0 Å². The highest BCUT2D eigenvalue weighted by molar-refractivity contribution is 6.31. The maximum absolute atomic E-state index is 18.1. The Hall–Kier alpha value is -4.89. The molecule has 5 atom stereocenters. The highest BCUT2D eigenvalue weighted by Crippen LogP contribution is 2.52. The SMILES string of the molecule is CCOc1ccc(Cc2cc([C@H]3[C@H](OCc4ccccc4)[C@@H](OCc4ccccc4)[C@H](OCc4ccccc4)[C@@H](COCc4ccccc4)C3(F)F)ccc2Cl)cc1. The third kappa shape index (κ3) is 10.6. The van der Waals surface area contributed by atoms with Crippen LogP contribution in [0.2, 0.25) is 5.02 Å². The Labute approximate surface area is 345 Å². The van der Waals surface area contributed by atoms with E-state index >= 15 is 8.78 Å². The molecule has 0 saturated heterocycles. The molecule has 300 valence electrons. The summed E-state index contributed by atoms with van der Waals surface area (Å²) < 4.78 is 68.2. The van der Waals surface area contributed by atoms with Crippen LogP contribution in [0.5, 0.6) is 5.75 Å². The van der Waals surface area contributed by atoms with Crippen molar-refractivity contribution < 1.29 is 32.5 Å². The minimum Gasteiger partial charge on any atom is -0.494 e. The average molecular weight is 803 g/mol. The largest absolute Gasteiger partial charge is 0.494 e. The Morgan fingerprint density at radius 1 is 0.534 bits per heavy atom. The molecule has 1 fully saturated rings. The Balaban J connectivity index is 1.31. The van der Waals surface area contributed by atoms with Gasteiger partial charge in [-0.25, -0.2) is 8.78 Å². The number of ether oxygens (including phenoxy) is 5. The summed E-state index contributed by atoms with van der Waals surface area (Å²) >= 11 is 6.83. The second-order valence-corrected chi connectivity index (χ2v) is 15.1. The first-order chi connectivity index (χ1) is 28.4. The predicted octanol–water partition coefficient (Wildman–Crippen LogP) is 11.7. The van der Waals surface area contributed by atoms with Crippen LogP contribution in [-0.2, 0) is 51.8 Å². The molecule has 1 aliphatic carbocycles. The van der Waals surface area contributed by atoms with E-state index in [1.807, 2.05) is 153 Å². The van der Waals surface area contributed by atoms with E-state index < -0.39 is 36.1 Å². The van der Waals surface area contributed by atoms with Gasteiger partial charge in [-0.1, -0.05) is 157 Å². The normalized spacial score (nSPS) is 20.1. The van der Waals surface area contributed by atoms with Crippen LogP contribution >= 0.6 is 11.6 Å². The van der Waals surface area contributed by atoms with E-state index in [1.54, 1.807) is 18.2 Å². The maximum atomic E-state index is 18.1. The second-order valence-electron chi connectivity index (χ2n) is 14.6. The lowest BCUT2D eigenvalue weighted by Crippen LogP contribution is -2.63. The van der Waals surface area contributed by atoms with Gasteiger partial charge in [0, 0.05) is 5.02 Å². The van der Waals surface area contributed by atoms with E-state index in [0.717, 1.165) is 39.1 Å². The van der Waals surface area contributed by atoms with Crippen molar-refractivity contribution >= 4 is 11.6 Å². The standard InChI is InChI=1S/C50H49ClF2O5/c1-2-55-43-26-23-36(24-27-43)29-42-30-41(25-28-45(42)51)46-48(57-33-39-19-11-5-12-20-39)49(58-34-40-21-13-6-14-22-40)47(56-32-38-17-9-4-10-18-38)44(50(46,52)53)35-54-31-37-15-7-3-8-16-37/h3-28,30,44,46-49H,2,29,31-35H2,1H3/t44-,46+,47-,48+,49+/m1/s1. The predicted molar refractivity (Wildman–Crippen MR) is 224 cm³/mol. The van der Waals surface area contributed by atoms with Gasteiger partial charge in [-0.3, -0.25) is 0 Å². The van der Waals surface area contributed by atoms with E-state index in [0.29, 0.717) is 23.6 Å². The van der Waals surface area contributed by atoms with Gasteiger partial charge in [0.1, 0.15) is 11.9 Å². The topological polar surface area (TPSA) is 46.2 Å². The lowest BCUT2D eigenvalue weighted by atomic mass is 9.69. The molecule has 6 aromatic carbocycles. The molecule has 0 aromatic heterocycles. The molecule has 0 radical (unpaired) electrons. The molecule has 6 aromatic rings. The first-order valence-corrected chi connectivity index (χ1v) is 20.2. The number of halogens is 3. The fourth-order valence-electron chi connectivity index (χ4n) is 7.68. The summed E-state index contributed by atoms with van der Waals surface area (Å²) in [6.07, 6.45) is -2.73. The first kappa shape index (κ1) is 41.3. The van der Waals surface area contributed by atoms with Gasteiger partial charge in [0.2, 0.25) is 0 Å². The van der Waals surface area contributed by atoms with E-state index in [2.05, 4.69) is 0 Å². The molecule has 7 rings (SSSR count). The highest BCUT2D eigenvalue weighted by Gasteiger charge is 2.63. The summed E-state index contributed by atoms with van der Waals surface area (Å²) in [5, 5.41) is 0.488. The fraction of sp³-hybridized carbons (Fsp3) is 0.280. The van der Waals surface area contributed by atoms with Crippen LogP contribution < -0.4 is 4.74 Å². The van der Waals surface area contributed by atoms with Gasteiger partial charge in [0.15, 0.2) is 0 Å². The van der Waals surface area contributed by atoms with Crippen molar-refractivity contribution in [1.29, 1.82) is 0 Å². The number of hydrogen-bond donors (Lipinski definition) is 0. The van der Waals surface area contributed by atoms with Crippen molar-refractivity contribution in [2.75, 3.05) is 13.2 Å².